The van der Waals surface area contributed by atoms with Gasteiger partial charge in [-0.05, 0) is 19.1 Å². The highest BCUT2D eigenvalue weighted by atomic mass is 35.5. The third-order valence-electron chi connectivity index (χ3n) is 3.75. The number of ether oxygens (including phenoxy) is 3. The van der Waals surface area contributed by atoms with Gasteiger partial charge in [0.05, 0.1) is 26.0 Å². The second kappa shape index (κ2) is 7.34. The predicted octanol–water partition coefficient (Wildman–Crippen LogP) is 3.45. The van der Waals surface area contributed by atoms with Crippen molar-refractivity contribution in [2.45, 2.75) is 13.5 Å². The Morgan fingerprint density at radius 2 is 2.04 bits per heavy atom. The van der Waals surface area contributed by atoms with Gasteiger partial charge in [0.25, 0.3) is 5.91 Å². The minimum Gasteiger partial charge on any atom is -0.465 e. The zero-order valence-corrected chi connectivity index (χ0v) is 16.4. The van der Waals surface area contributed by atoms with E-state index in [1.807, 2.05) is 6.07 Å². The van der Waals surface area contributed by atoms with Gasteiger partial charge in [-0.3, -0.25) is 9.59 Å². The molecular weight excluding hydrogens is 412 g/mol. The van der Waals surface area contributed by atoms with Crippen LogP contribution in [0, 0.1) is 0 Å². The van der Waals surface area contributed by atoms with Crippen molar-refractivity contribution in [1.29, 1.82) is 0 Å². The molecule has 1 aliphatic rings. The molecule has 0 unspecified atom stereocenters. The van der Waals surface area contributed by atoms with Gasteiger partial charge in [0.15, 0.2) is 16.3 Å². The van der Waals surface area contributed by atoms with Crippen LogP contribution < -0.4 is 14.3 Å². The number of nitrogens with zero attached hydrogens (tertiary/aromatic N) is 2. The Bertz CT molecular complexity index is 1110. The lowest BCUT2D eigenvalue weighted by Gasteiger charge is -2.05. The highest BCUT2D eigenvalue weighted by molar-refractivity contribution is 7.18. The van der Waals surface area contributed by atoms with E-state index in [1.165, 1.54) is 11.3 Å². The molecule has 10 heteroatoms. The maximum absolute atomic E-state index is 12.5. The number of rotatable bonds is 4. The number of carbonyl (C=O) groups excluding carboxylic acids is 2. The molecule has 7 nitrogen and oxygen atoms in total. The summed E-state index contributed by atoms with van der Waals surface area (Å²) >= 11 is 8.33. The Labute approximate surface area is 166 Å². The monoisotopic (exact) mass is 424 g/mol. The number of aromatic nitrogens is 1. The fourth-order valence-corrected chi connectivity index (χ4v) is 4.57. The van der Waals surface area contributed by atoms with E-state index < -0.39 is 11.9 Å². The topological polar surface area (TPSA) is 79.1 Å². The Morgan fingerprint density at radius 1 is 1.26 bits per heavy atom. The van der Waals surface area contributed by atoms with Gasteiger partial charge < -0.3 is 18.8 Å². The van der Waals surface area contributed by atoms with Crippen LogP contribution in [0.25, 0.3) is 10.2 Å². The van der Waals surface area contributed by atoms with Crippen molar-refractivity contribution in [2.75, 3.05) is 13.4 Å². The van der Waals surface area contributed by atoms with Crippen LogP contribution in [0.15, 0.2) is 29.3 Å². The molecule has 0 aliphatic carbocycles. The summed E-state index contributed by atoms with van der Waals surface area (Å²) in [6.45, 7) is 2.10. The SMILES string of the molecule is CCOC(=O)Cn1c(=NC(=O)c2ccc(Cl)s2)sc2cc3c(cc21)OCO3. The maximum atomic E-state index is 12.5. The molecule has 2 aromatic heterocycles. The van der Waals surface area contributed by atoms with Crippen molar-refractivity contribution in [3.63, 3.8) is 0 Å². The molecule has 1 amide bonds. The second-order valence-electron chi connectivity index (χ2n) is 5.47. The molecule has 0 fully saturated rings. The maximum Gasteiger partial charge on any atom is 0.326 e. The zero-order valence-electron chi connectivity index (χ0n) is 14.1. The molecule has 3 heterocycles. The molecule has 0 radical (unpaired) electrons. The van der Waals surface area contributed by atoms with Crippen molar-refractivity contribution >= 4 is 56.4 Å². The lowest BCUT2D eigenvalue weighted by Crippen LogP contribution is -2.23. The normalized spacial score (nSPS) is 13.3. The number of amides is 1. The molecule has 3 aromatic rings. The molecular formula is C17H13ClN2O5S2. The van der Waals surface area contributed by atoms with E-state index in [1.54, 1.807) is 29.7 Å². The number of thiophene rings is 1. The molecule has 0 saturated heterocycles. The van der Waals surface area contributed by atoms with E-state index in [9.17, 15) is 9.59 Å². The Morgan fingerprint density at radius 3 is 2.74 bits per heavy atom. The summed E-state index contributed by atoms with van der Waals surface area (Å²) in [4.78, 5) is 29.6. The van der Waals surface area contributed by atoms with E-state index in [2.05, 4.69) is 4.99 Å². The predicted molar refractivity (Wildman–Crippen MR) is 102 cm³/mol. The van der Waals surface area contributed by atoms with Gasteiger partial charge >= 0.3 is 5.97 Å². The van der Waals surface area contributed by atoms with Crippen molar-refractivity contribution < 1.29 is 23.8 Å². The van der Waals surface area contributed by atoms with Gasteiger partial charge in [-0.1, -0.05) is 22.9 Å². The third-order valence-corrected chi connectivity index (χ3v) is 6.01. The lowest BCUT2D eigenvalue weighted by molar-refractivity contribution is -0.143. The first-order valence-electron chi connectivity index (χ1n) is 7.98. The summed E-state index contributed by atoms with van der Waals surface area (Å²) in [6, 6.07) is 6.86. The Hall–Kier alpha value is -2.36. The van der Waals surface area contributed by atoms with E-state index in [0.29, 0.717) is 31.0 Å². The smallest absolute Gasteiger partial charge is 0.326 e. The zero-order chi connectivity index (χ0) is 19.0. The fourth-order valence-electron chi connectivity index (χ4n) is 2.60. The largest absolute Gasteiger partial charge is 0.465 e. The molecule has 140 valence electrons. The summed E-state index contributed by atoms with van der Waals surface area (Å²) in [5, 5.41) is 0. The number of thiazole rings is 1. The van der Waals surface area contributed by atoms with Crippen molar-refractivity contribution in [2.24, 2.45) is 4.99 Å². The highest BCUT2D eigenvalue weighted by Gasteiger charge is 2.19. The Kier molecular flexibility index (Phi) is 4.90. The van der Waals surface area contributed by atoms with Gasteiger partial charge in [0, 0.05) is 12.1 Å². The van der Waals surface area contributed by atoms with Gasteiger partial charge in [0.2, 0.25) is 6.79 Å². The van der Waals surface area contributed by atoms with Crippen LogP contribution in [-0.4, -0.2) is 29.8 Å². The molecule has 0 bridgehead atoms. The molecule has 0 N–H and O–H groups in total. The second-order valence-corrected chi connectivity index (χ2v) is 8.19. The molecule has 1 aromatic carbocycles. The quantitative estimate of drug-likeness (QED) is 0.599. The summed E-state index contributed by atoms with van der Waals surface area (Å²) in [5.74, 6) is 0.370. The number of carbonyl (C=O) groups is 2. The van der Waals surface area contributed by atoms with Gasteiger partial charge in [-0.2, -0.15) is 4.99 Å². The molecule has 27 heavy (non-hydrogen) atoms. The molecule has 0 saturated carbocycles. The Balaban J connectivity index is 1.84. The average molecular weight is 425 g/mol. The summed E-state index contributed by atoms with van der Waals surface area (Å²) in [5.41, 5.74) is 0.716. The van der Waals surface area contributed by atoms with E-state index in [4.69, 9.17) is 25.8 Å². The van der Waals surface area contributed by atoms with Crippen LogP contribution in [0.2, 0.25) is 4.34 Å². The summed E-state index contributed by atoms with van der Waals surface area (Å²) < 4.78 is 18.8. The number of hydrogen-bond acceptors (Lipinski definition) is 7. The third kappa shape index (κ3) is 3.58. The lowest BCUT2D eigenvalue weighted by atomic mass is 10.3. The first-order chi connectivity index (χ1) is 13.0. The van der Waals surface area contributed by atoms with Crippen LogP contribution in [0.3, 0.4) is 0 Å². The number of esters is 1. The average Bonchev–Trinajstić information content (AvgIpc) is 3.33. The molecule has 0 atom stereocenters. The number of benzene rings is 1. The summed E-state index contributed by atoms with van der Waals surface area (Å²) in [7, 11) is 0. The first-order valence-corrected chi connectivity index (χ1v) is 9.99. The standard InChI is InChI=1S/C17H13ClN2O5S2/c1-2-23-15(21)7-20-9-5-10-11(25-8-24-10)6-13(9)27-17(20)19-16(22)12-3-4-14(18)26-12/h3-6H,2,7-8H2,1H3. The van der Waals surface area contributed by atoms with Crippen LogP contribution in [0.1, 0.15) is 16.6 Å². The van der Waals surface area contributed by atoms with Crippen molar-refractivity contribution in [1.82, 2.24) is 4.57 Å². The van der Waals surface area contributed by atoms with Crippen LogP contribution in [0.5, 0.6) is 11.5 Å². The molecule has 1 aliphatic heterocycles. The van der Waals surface area contributed by atoms with Crippen molar-refractivity contribution in [3.8, 4) is 11.5 Å². The van der Waals surface area contributed by atoms with Crippen LogP contribution in [0.4, 0.5) is 0 Å². The number of halogens is 1. The summed E-state index contributed by atoms with van der Waals surface area (Å²) in [6.07, 6.45) is 0. The van der Waals surface area contributed by atoms with Gasteiger partial charge in [0.1, 0.15) is 6.54 Å². The van der Waals surface area contributed by atoms with Crippen molar-refractivity contribution in [3.05, 3.63) is 38.3 Å². The van der Waals surface area contributed by atoms with Crippen LogP contribution in [-0.2, 0) is 16.1 Å². The van der Waals surface area contributed by atoms with E-state index >= 15 is 0 Å². The van der Waals surface area contributed by atoms with Gasteiger partial charge in [-0.15, -0.1) is 11.3 Å². The molecule has 0 spiro atoms. The first kappa shape index (κ1) is 18.0. The van der Waals surface area contributed by atoms with E-state index in [0.717, 1.165) is 16.0 Å². The van der Waals surface area contributed by atoms with Crippen LogP contribution >= 0.6 is 34.3 Å². The van der Waals surface area contributed by atoms with Gasteiger partial charge in [-0.25, -0.2) is 0 Å². The highest BCUT2D eigenvalue weighted by Crippen LogP contribution is 2.37. The molecule has 4 rings (SSSR count). The van der Waals surface area contributed by atoms with E-state index in [-0.39, 0.29) is 19.9 Å². The number of hydrogen-bond donors (Lipinski definition) is 0. The fraction of sp³-hybridized carbons (Fsp3) is 0.235. The minimum absolute atomic E-state index is 0.0647. The minimum atomic E-state index is -0.420. The number of fused-ring (bicyclic) bond motifs is 2.